The Morgan fingerprint density at radius 1 is 1.35 bits per heavy atom. The van der Waals surface area contributed by atoms with E-state index in [1.807, 2.05) is 12.3 Å². The second kappa shape index (κ2) is 4.60. The summed E-state index contributed by atoms with van der Waals surface area (Å²) in [4.78, 5) is 0. The summed E-state index contributed by atoms with van der Waals surface area (Å²) in [5.41, 5.74) is 2.28. The lowest BCUT2D eigenvalue weighted by atomic mass is 10.1. The Hall–Kier alpha value is -1.79. The topological polar surface area (TPSA) is 41.6 Å². The van der Waals surface area contributed by atoms with E-state index in [9.17, 15) is 0 Å². The van der Waals surface area contributed by atoms with Crippen LogP contribution in [0, 0.1) is 11.3 Å². The normalized spacial score (nSPS) is 10.5. The Labute approximate surface area is 105 Å². The van der Waals surface area contributed by atoms with E-state index >= 15 is 0 Å². The fraction of sp³-hybridized carbons (Fsp3) is 0.231. The molecule has 0 N–H and O–H groups in total. The number of hydrogen-bond donors (Lipinski definition) is 0. The van der Waals surface area contributed by atoms with Crippen LogP contribution in [0.5, 0.6) is 0 Å². The van der Waals surface area contributed by atoms with Crippen LogP contribution < -0.4 is 0 Å². The van der Waals surface area contributed by atoms with Gasteiger partial charge in [0.05, 0.1) is 16.9 Å². The van der Waals surface area contributed by atoms with Crippen molar-refractivity contribution in [2.45, 2.75) is 19.8 Å². The van der Waals surface area contributed by atoms with Crippen LogP contribution in [-0.4, -0.2) is 9.78 Å². The molecule has 1 aromatic heterocycles. The first-order valence-corrected chi connectivity index (χ1v) is 5.75. The smallest absolute Gasteiger partial charge is 0.101 e. The molecule has 0 aliphatic rings. The van der Waals surface area contributed by atoms with Crippen molar-refractivity contribution in [2.75, 3.05) is 0 Å². The summed E-state index contributed by atoms with van der Waals surface area (Å²) in [5.74, 6) is 0.370. The van der Waals surface area contributed by atoms with Gasteiger partial charge in [0.25, 0.3) is 0 Å². The zero-order valence-corrected chi connectivity index (χ0v) is 10.4. The number of benzene rings is 1. The first-order chi connectivity index (χ1) is 8.11. The molecule has 0 saturated carbocycles. The monoisotopic (exact) mass is 245 g/mol. The van der Waals surface area contributed by atoms with Crippen molar-refractivity contribution in [3.63, 3.8) is 0 Å². The molecule has 0 amide bonds. The summed E-state index contributed by atoms with van der Waals surface area (Å²) >= 11 is 5.86. The van der Waals surface area contributed by atoms with Crippen molar-refractivity contribution >= 4 is 11.6 Å². The summed E-state index contributed by atoms with van der Waals surface area (Å²) < 4.78 is 1.71. The zero-order valence-electron chi connectivity index (χ0n) is 9.68. The van der Waals surface area contributed by atoms with Gasteiger partial charge in [-0.3, -0.25) is 0 Å². The summed E-state index contributed by atoms with van der Waals surface area (Å²) in [5, 5.41) is 14.1. The molecule has 0 spiro atoms. The van der Waals surface area contributed by atoms with Crippen molar-refractivity contribution < 1.29 is 0 Å². The van der Waals surface area contributed by atoms with Gasteiger partial charge in [0.1, 0.15) is 6.07 Å². The van der Waals surface area contributed by atoms with E-state index in [1.165, 1.54) is 0 Å². The summed E-state index contributed by atoms with van der Waals surface area (Å²) in [6.07, 6.45) is 1.86. The van der Waals surface area contributed by atoms with Gasteiger partial charge in [0, 0.05) is 11.2 Å². The fourth-order valence-corrected chi connectivity index (χ4v) is 1.75. The highest BCUT2D eigenvalue weighted by Gasteiger charge is 2.08. The molecule has 0 fully saturated rings. The third kappa shape index (κ3) is 2.32. The molecule has 2 aromatic rings. The summed E-state index contributed by atoms with van der Waals surface area (Å²) in [6.45, 7) is 4.17. The van der Waals surface area contributed by atoms with E-state index < -0.39 is 0 Å². The van der Waals surface area contributed by atoms with Gasteiger partial charge in [0.2, 0.25) is 0 Å². The third-order valence-corrected chi connectivity index (χ3v) is 2.76. The molecule has 1 aromatic carbocycles. The standard InChI is InChI=1S/C13H12ClN3/c1-9(2)12-5-6-17(16-12)13-4-3-11(14)7-10(13)8-15/h3-7,9H,1-2H3. The Bertz CT molecular complexity index is 579. The molecule has 2 rings (SSSR count). The van der Waals surface area contributed by atoms with Gasteiger partial charge in [-0.2, -0.15) is 10.4 Å². The van der Waals surface area contributed by atoms with Gasteiger partial charge in [-0.05, 0) is 30.2 Å². The molecular formula is C13H12ClN3. The van der Waals surface area contributed by atoms with E-state index in [2.05, 4.69) is 25.0 Å². The molecule has 0 bridgehead atoms. The Balaban J connectivity index is 2.49. The molecule has 0 radical (unpaired) electrons. The van der Waals surface area contributed by atoms with Crippen LogP contribution in [0.3, 0.4) is 0 Å². The molecule has 17 heavy (non-hydrogen) atoms. The van der Waals surface area contributed by atoms with Crippen LogP contribution in [0.2, 0.25) is 5.02 Å². The number of nitrogens with zero attached hydrogens (tertiary/aromatic N) is 3. The number of hydrogen-bond acceptors (Lipinski definition) is 2. The highest BCUT2D eigenvalue weighted by molar-refractivity contribution is 6.30. The van der Waals surface area contributed by atoms with Crippen molar-refractivity contribution in [3.05, 3.63) is 46.7 Å². The van der Waals surface area contributed by atoms with Crippen LogP contribution in [0.1, 0.15) is 31.0 Å². The molecule has 86 valence electrons. The van der Waals surface area contributed by atoms with E-state index in [0.29, 0.717) is 16.5 Å². The predicted molar refractivity (Wildman–Crippen MR) is 67.4 cm³/mol. The number of halogens is 1. The zero-order chi connectivity index (χ0) is 12.4. The van der Waals surface area contributed by atoms with Gasteiger partial charge < -0.3 is 0 Å². The molecule has 4 heteroatoms. The van der Waals surface area contributed by atoms with Crippen molar-refractivity contribution in [3.8, 4) is 11.8 Å². The van der Waals surface area contributed by atoms with Crippen LogP contribution >= 0.6 is 11.6 Å². The summed E-state index contributed by atoms with van der Waals surface area (Å²) in [6, 6.07) is 9.30. The van der Waals surface area contributed by atoms with Gasteiger partial charge in [-0.25, -0.2) is 4.68 Å². The largest absolute Gasteiger partial charge is 0.239 e. The second-order valence-electron chi connectivity index (χ2n) is 4.11. The van der Waals surface area contributed by atoms with Crippen LogP contribution in [0.15, 0.2) is 30.5 Å². The number of aromatic nitrogens is 2. The molecular weight excluding hydrogens is 234 g/mol. The van der Waals surface area contributed by atoms with Gasteiger partial charge in [-0.1, -0.05) is 25.4 Å². The summed E-state index contributed by atoms with van der Waals surface area (Å²) in [7, 11) is 0. The van der Waals surface area contributed by atoms with Crippen molar-refractivity contribution in [1.29, 1.82) is 5.26 Å². The fourth-order valence-electron chi connectivity index (χ4n) is 1.58. The maximum atomic E-state index is 9.07. The molecule has 1 heterocycles. The minimum Gasteiger partial charge on any atom is -0.239 e. The molecule has 0 atom stereocenters. The highest BCUT2D eigenvalue weighted by atomic mass is 35.5. The molecule has 0 saturated heterocycles. The SMILES string of the molecule is CC(C)c1ccn(-c2ccc(Cl)cc2C#N)n1. The van der Waals surface area contributed by atoms with E-state index in [0.717, 1.165) is 11.4 Å². The molecule has 0 aliphatic heterocycles. The maximum absolute atomic E-state index is 9.07. The van der Waals surface area contributed by atoms with Gasteiger partial charge >= 0.3 is 0 Å². The average Bonchev–Trinajstić information content (AvgIpc) is 2.78. The van der Waals surface area contributed by atoms with Crippen LogP contribution in [0.4, 0.5) is 0 Å². The van der Waals surface area contributed by atoms with Crippen LogP contribution in [-0.2, 0) is 0 Å². The average molecular weight is 246 g/mol. The molecule has 0 unspecified atom stereocenters. The number of rotatable bonds is 2. The lowest BCUT2D eigenvalue weighted by molar-refractivity contribution is 0.767. The van der Waals surface area contributed by atoms with Gasteiger partial charge in [-0.15, -0.1) is 0 Å². The third-order valence-electron chi connectivity index (χ3n) is 2.53. The van der Waals surface area contributed by atoms with Crippen LogP contribution in [0.25, 0.3) is 5.69 Å². The Morgan fingerprint density at radius 2 is 2.12 bits per heavy atom. The quantitative estimate of drug-likeness (QED) is 0.812. The van der Waals surface area contributed by atoms with Crippen molar-refractivity contribution in [2.24, 2.45) is 0 Å². The Kier molecular flexibility index (Phi) is 3.16. The minimum absolute atomic E-state index is 0.370. The van der Waals surface area contributed by atoms with Gasteiger partial charge in [0.15, 0.2) is 0 Å². The predicted octanol–water partition coefficient (Wildman–Crippen LogP) is 3.52. The lowest BCUT2D eigenvalue weighted by Gasteiger charge is -2.04. The first kappa shape index (κ1) is 11.7. The van der Waals surface area contributed by atoms with Crippen molar-refractivity contribution in [1.82, 2.24) is 9.78 Å². The lowest BCUT2D eigenvalue weighted by Crippen LogP contribution is -1.99. The molecule has 0 aliphatic carbocycles. The number of nitriles is 1. The minimum atomic E-state index is 0.370. The highest BCUT2D eigenvalue weighted by Crippen LogP contribution is 2.20. The second-order valence-corrected chi connectivity index (χ2v) is 4.55. The Morgan fingerprint density at radius 3 is 2.71 bits per heavy atom. The molecule has 3 nitrogen and oxygen atoms in total. The van der Waals surface area contributed by atoms with E-state index in [-0.39, 0.29) is 0 Å². The first-order valence-electron chi connectivity index (χ1n) is 5.37. The van der Waals surface area contributed by atoms with E-state index in [1.54, 1.807) is 22.9 Å². The maximum Gasteiger partial charge on any atom is 0.101 e. The van der Waals surface area contributed by atoms with E-state index in [4.69, 9.17) is 16.9 Å².